The molecule has 2 rings (SSSR count). The first-order chi connectivity index (χ1) is 13.5. The van der Waals surface area contributed by atoms with E-state index in [1.54, 1.807) is 0 Å². The van der Waals surface area contributed by atoms with Crippen molar-refractivity contribution in [1.82, 2.24) is 4.72 Å². The molecule has 7 nitrogen and oxygen atoms in total. The number of carbonyl (C=O) groups excluding carboxylic acids is 2. The summed E-state index contributed by atoms with van der Waals surface area (Å²) in [5, 5.41) is 2.51. The van der Waals surface area contributed by atoms with Gasteiger partial charge < -0.3 is 10.1 Å². The zero-order valence-corrected chi connectivity index (χ0v) is 15.9. The topological polar surface area (TPSA) is 102 Å². The molecule has 0 fully saturated rings. The highest BCUT2D eigenvalue weighted by Gasteiger charge is 2.31. The summed E-state index contributed by atoms with van der Waals surface area (Å²) in [6, 6.07) is 9.12. The summed E-state index contributed by atoms with van der Waals surface area (Å²) in [7, 11) is -2.98. The lowest BCUT2D eigenvalue weighted by atomic mass is 10.2. The molecule has 0 unspecified atom stereocenters. The first kappa shape index (κ1) is 22.4. The molecule has 0 aliphatic heterocycles. The lowest BCUT2D eigenvalue weighted by Gasteiger charge is -2.10. The molecule has 0 saturated heterocycles. The molecule has 0 atom stereocenters. The van der Waals surface area contributed by atoms with Gasteiger partial charge in [-0.05, 0) is 42.5 Å². The van der Waals surface area contributed by atoms with Gasteiger partial charge in [0.15, 0.2) is 0 Å². The highest BCUT2D eigenvalue weighted by atomic mass is 32.2. The Hall–Kier alpha value is -2.92. The molecule has 156 valence electrons. The van der Waals surface area contributed by atoms with E-state index in [-0.39, 0.29) is 13.0 Å². The summed E-state index contributed by atoms with van der Waals surface area (Å²) >= 11 is 0. The zero-order valence-electron chi connectivity index (χ0n) is 15.1. The van der Waals surface area contributed by atoms with Crippen molar-refractivity contribution >= 4 is 27.6 Å². The van der Waals surface area contributed by atoms with Crippen LogP contribution in [-0.4, -0.2) is 33.9 Å². The molecule has 1 amide bonds. The fourth-order valence-corrected chi connectivity index (χ4v) is 3.33. The van der Waals surface area contributed by atoms with Gasteiger partial charge in [-0.1, -0.05) is 6.07 Å². The van der Waals surface area contributed by atoms with E-state index in [9.17, 15) is 31.2 Å². The number of anilines is 1. The molecule has 29 heavy (non-hydrogen) atoms. The molecule has 2 N–H and O–H groups in total. The van der Waals surface area contributed by atoms with Crippen LogP contribution in [0.2, 0.25) is 0 Å². The van der Waals surface area contributed by atoms with Crippen molar-refractivity contribution in [1.29, 1.82) is 0 Å². The van der Waals surface area contributed by atoms with Crippen LogP contribution in [-0.2, 0) is 25.7 Å². The normalized spacial score (nSPS) is 11.7. The maximum absolute atomic E-state index is 12.7. The van der Waals surface area contributed by atoms with Crippen LogP contribution >= 0.6 is 0 Å². The van der Waals surface area contributed by atoms with Crippen molar-refractivity contribution < 1.29 is 35.9 Å². The van der Waals surface area contributed by atoms with Crippen molar-refractivity contribution in [2.75, 3.05) is 19.0 Å². The van der Waals surface area contributed by atoms with E-state index in [0.29, 0.717) is 17.3 Å². The Morgan fingerprint density at radius 1 is 1.07 bits per heavy atom. The average Bonchev–Trinajstić information content (AvgIpc) is 2.67. The van der Waals surface area contributed by atoms with Crippen LogP contribution in [0.25, 0.3) is 0 Å². The number of hydrogen-bond acceptors (Lipinski definition) is 5. The highest BCUT2D eigenvalue weighted by Crippen LogP contribution is 2.30. The number of sulfonamides is 1. The van der Waals surface area contributed by atoms with E-state index in [1.165, 1.54) is 31.4 Å². The van der Waals surface area contributed by atoms with Gasteiger partial charge in [-0.3, -0.25) is 4.79 Å². The Labute approximate surface area is 164 Å². The number of carbonyl (C=O) groups is 2. The molecule has 11 heteroatoms. The molecule has 0 radical (unpaired) electrons. The first-order valence-corrected chi connectivity index (χ1v) is 9.66. The lowest BCUT2D eigenvalue weighted by Crippen LogP contribution is -2.28. The summed E-state index contributed by atoms with van der Waals surface area (Å²) in [5.41, 5.74) is -0.420. The number of hydrogen-bond donors (Lipinski definition) is 2. The fraction of sp³-hybridized carbons (Fsp3) is 0.222. The second kappa shape index (κ2) is 9.05. The second-order valence-corrected chi connectivity index (χ2v) is 7.56. The van der Waals surface area contributed by atoms with E-state index >= 15 is 0 Å². The van der Waals surface area contributed by atoms with Gasteiger partial charge in [0, 0.05) is 18.7 Å². The average molecular weight is 430 g/mol. The Balaban J connectivity index is 1.92. The minimum atomic E-state index is -4.67. The standard InChI is InChI=1S/C18H17F3N2O5S/c1-28-17(25)12-5-7-14(8-6-12)23-16(24)9-10-22-29(26,27)15-4-2-3-13(11-15)18(19,20)21/h2-8,11,22H,9-10H2,1H3,(H,23,24). The van der Waals surface area contributed by atoms with E-state index in [0.717, 1.165) is 18.2 Å². The van der Waals surface area contributed by atoms with Crippen molar-refractivity contribution in [3.05, 3.63) is 59.7 Å². The number of rotatable bonds is 7. The molecule has 0 saturated carbocycles. The number of nitrogens with one attached hydrogen (secondary N) is 2. The van der Waals surface area contributed by atoms with Gasteiger partial charge in [0.25, 0.3) is 0 Å². The SMILES string of the molecule is COC(=O)c1ccc(NC(=O)CCNS(=O)(=O)c2cccc(C(F)(F)F)c2)cc1. The monoisotopic (exact) mass is 430 g/mol. The summed E-state index contributed by atoms with van der Waals surface area (Å²) in [6.07, 6.45) is -4.92. The van der Waals surface area contributed by atoms with Crippen LogP contribution in [0, 0.1) is 0 Å². The summed E-state index contributed by atoms with van der Waals surface area (Å²) in [5.74, 6) is -1.06. The van der Waals surface area contributed by atoms with Gasteiger partial charge in [-0.2, -0.15) is 13.2 Å². The third-order valence-corrected chi connectivity index (χ3v) is 5.16. The van der Waals surface area contributed by atoms with E-state index in [2.05, 4.69) is 14.8 Å². The summed E-state index contributed by atoms with van der Waals surface area (Å²) < 4.78 is 69.0. The van der Waals surface area contributed by atoms with Crippen LogP contribution in [0.4, 0.5) is 18.9 Å². The minimum absolute atomic E-state index is 0.253. The Morgan fingerprint density at radius 2 is 1.72 bits per heavy atom. The fourth-order valence-electron chi connectivity index (χ4n) is 2.25. The highest BCUT2D eigenvalue weighted by molar-refractivity contribution is 7.89. The molecule has 0 spiro atoms. The van der Waals surface area contributed by atoms with E-state index in [1.807, 2.05) is 0 Å². The quantitative estimate of drug-likeness (QED) is 0.658. The number of amides is 1. The third kappa shape index (κ3) is 6.29. The van der Waals surface area contributed by atoms with E-state index in [4.69, 9.17) is 0 Å². The van der Waals surface area contributed by atoms with Crippen LogP contribution in [0.5, 0.6) is 0 Å². The molecular weight excluding hydrogens is 413 g/mol. The molecule has 0 aliphatic rings. The van der Waals surface area contributed by atoms with Gasteiger partial charge in [0.1, 0.15) is 0 Å². The van der Waals surface area contributed by atoms with Crippen molar-refractivity contribution in [2.45, 2.75) is 17.5 Å². The van der Waals surface area contributed by atoms with Crippen molar-refractivity contribution in [3.8, 4) is 0 Å². The molecular formula is C18H17F3N2O5S. The third-order valence-electron chi connectivity index (χ3n) is 3.71. The number of methoxy groups -OCH3 is 1. The predicted molar refractivity (Wildman–Crippen MR) is 97.7 cm³/mol. The molecule has 0 bridgehead atoms. The molecule has 0 heterocycles. The van der Waals surface area contributed by atoms with Gasteiger partial charge >= 0.3 is 12.1 Å². The summed E-state index contributed by atoms with van der Waals surface area (Å²) in [4.78, 5) is 22.7. The lowest BCUT2D eigenvalue weighted by molar-refractivity contribution is -0.137. The number of halogens is 3. The maximum Gasteiger partial charge on any atom is 0.416 e. The molecule has 0 aromatic heterocycles. The number of alkyl halides is 3. The van der Waals surface area contributed by atoms with Gasteiger partial charge in [0.05, 0.1) is 23.1 Å². The van der Waals surface area contributed by atoms with Gasteiger partial charge in [-0.25, -0.2) is 17.9 Å². The van der Waals surface area contributed by atoms with Gasteiger partial charge in [-0.15, -0.1) is 0 Å². The van der Waals surface area contributed by atoms with Crippen LogP contribution < -0.4 is 10.0 Å². The molecule has 2 aromatic rings. The first-order valence-electron chi connectivity index (χ1n) is 8.18. The number of esters is 1. The minimum Gasteiger partial charge on any atom is -0.465 e. The number of ether oxygens (including phenoxy) is 1. The van der Waals surface area contributed by atoms with Crippen molar-refractivity contribution in [3.63, 3.8) is 0 Å². The molecule has 0 aliphatic carbocycles. The Kier molecular flexibility index (Phi) is 6.98. The zero-order chi connectivity index (χ0) is 21.7. The Bertz CT molecular complexity index is 989. The number of benzene rings is 2. The smallest absolute Gasteiger partial charge is 0.416 e. The predicted octanol–water partition coefficient (Wildman–Crippen LogP) is 2.80. The van der Waals surface area contributed by atoms with Gasteiger partial charge in [0.2, 0.25) is 15.9 Å². The van der Waals surface area contributed by atoms with Crippen LogP contribution in [0.3, 0.4) is 0 Å². The second-order valence-electron chi connectivity index (χ2n) is 5.79. The molecule has 2 aromatic carbocycles. The van der Waals surface area contributed by atoms with Crippen LogP contribution in [0.15, 0.2) is 53.4 Å². The largest absolute Gasteiger partial charge is 0.465 e. The summed E-state index contributed by atoms with van der Waals surface area (Å²) in [6.45, 7) is -0.315. The van der Waals surface area contributed by atoms with Crippen LogP contribution in [0.1, 0.15) is 22.3 Å². The Morgan fingerprint density at radius 3 is 2.31 bits per heavy atom. The maximum atomic E-state index is 12.7. The van der Waals surface area contributed by atoms with Crippen molar-refractivity contribution in [2.24, 2.45) is 0 Å². The van der Waals surface area contributed by atoms with E-state index < -0.39 is 38.5 Å².